The van der Waals surface area contributed by atoms with Gasteiger partial charge in [0, 0.05) is 33.2 Å². The number of rotatable bonds is 25. The summed E-state index contributed by atoms with van der Waals surface area (Å²) in [5.41, 5.74) is 6.73. The molecule has 29 heteroatoms. The molecule has 17 rings (SSSR count). The first kappa shape index (κ1) is 106. The monoisotopic (exact) mass is 1940 g/mol. The highest BCUT2D eigenvalue weighted by atomic mass is 16.6. The van der Waals surface area contributed by atoms with Crippen LogP contribution in [0.25, 0.3) is 86.6 Å². The van der Waals surface area contributed by atoms with Crippen molar-refractivity contribution in [2.45, 2.75) is 26.4 Å². The number of fused-ring (bicyclic) bond motifs is 9. The van der Waals surface area contributed by atoms with Crippen molar-refractivity contribution in [3.63, 3.8) is 0 Å². The summed E-state index contributed by atoms with van der Waals surface area (Å²) in [6.45, 7) is 4.46. The molecule has 0 saturated heterocycles. The van der Waals surface area contributed by atoms with Crippen LogP contribution in [0.5, 0.6) is 86.2 Å². The molecule has 0 amide bonds. The maximum atomic E-state index is 12.2. The lowest BCUT2D eigenvalue weighted by Gasteiger charge is -2.20. The molecule has 0 bridgehead atoms. The number of hydrogen-bond donors (Lipinski definition) is 0. The maximum absolute atomic E-state index is 12.2. The average Bonchev–Trinajstić information content (AvgIpc) is 1.64. The standard InChI is InChI=1S/C22H22O6.C18H22O5.C16H12O2.2C15H16O5.C14H10O3.C14H12O3/c1-24-18-11-15-10-16(22(23)27-4)12-17(19(15)21(26-3)20(18)25-2)28-13-14-8-6-5-7-9-14;1-10(2)16-13-7-11(18(19)23-6)8-14(20-3)12(13)9-15(21-4)17(16)22-5;1-18-16(17)14-7-6-13-8-11-4-2-3-5-12(11)9-15(13)10-14;1-17-11-6-9-5-10(15(16)20-4)7-12(18-2)14(9)13(8-11)19-3;1-17-12-8-10-7-9(15(16)20-4)5-6-11(10)13(18-2)14(12)19-3;1-16-14(15)9-6-7-11-10-4-2-3-5-12(10)17-13(11)8-9;1-16-14(15)11-6-5-9-13(10-11)17-12-7-3-2-4-8-12/h5-12H,13H2,1-4H3;7-10H,1-6H3;2-10H,1H3;2*5-8H,1-4H3;2-8H,1H3;2-10H,1H3. The van der Waals surface area contributed by atoms with Crippen molar-refractivity contribution in [1.82, 2.24) is 0 Å². The second kappa shape index (κ2) is 50.6. The summed E-state index contributed by atoms with van der Waals surface area (Å²) in [5.74, 6) is 6.01. The van der Waals surface area contributed by atoms with Crippen molar-refractivity contribution >= 4 is 128 Å². The van der Waals surface area contributed by atoms with E-state index in [2.05, 4.69) is 47.6 Å². The fourth-order valence-electron chi connectivity index (χ4n) is 15.6. The third kappa shape index (κ3) is 25.1. The Morgan fingerprint density at radius 3 is 1.18 bits per heavy atom. The normalized spacial score (nSPS) is 10.4. The third-order valence-corrected chi connectivity index (χ3v) is 22.4. The van der Waals surface area contributed by atoms with E-state index in [4.69, 9.17) is 94.4 Å². The molecule has 0 fully saturated rings. The van der Waals surface area contributed by atoms with E-state index >= 15 is 0 Å². The molecular formula is C114H110O29. The Kier molecular flexibility index (Phi) is 37.5. The third-order valence-electron chi connectivity index (χ3n) is 22.4. The predicted octanol–water partition coefficient (Wildman–Crippen LogP) is 23.7. The number of carbonyl (C=O) groups is 7. The SMILES string of the molecule is COC(=O)c1cc(OC)c2c(OC)cc(OC)cc2c1.COC(=O)c1cc(OC)c2cc(OC)c(OC)c(C(C)C)c2c1.COC(=O)c1cc(OCc2ccccc2)c2c(OC)c(OC)c(OC)cc2c1.COC(=O)c1ccc2c(OC)c(OC)c(OC)cc2c1.COC(=O)c1ccc2c(c1)oc1ccccc12.COC(=O)c1ccc2cc3ccccc3cc2c1.COC(=O)c1cccc(Oc2ccccc2)c1. The molecule has 0 aliphatic heterocycles. The number of para-hydroxylation sites is 2. The van der Waals surface area contributed by atoms with Crippen LogP contribution in [0, 0.1) is 0 Å². The van der Waals surface area contributed by atoms with E-state index in [0.29, 0.717) is 142 Å². The van der Waals surface area contributed by atoms with Gasteiger partial charge in [-0.2, -0.15) is 0 Å². The summed E-state index contributed by atoms with van der Waals surface area (Å²) in [7, 11) is 28.3. The number of esters is 7. The van der Waals surface area contributed by atoms with Gasteiger partial charge in [0.2, 0.25) is 11.5 Å². The molecular weight excluding hydrogens is 1830 g/mol. The van der Waals surface area contributed by atoms with Gasteiger partial charge in [-0.25, -0.2) is 33.6 Å². The van der Waals surface area contributed by atoms with Gasteiger partial charge in [0.05, 0.1) is 185 Å². The van der Waals surface area contributed by atoms with E-state index in [-0.39, 0.29) is 29.8 Å². The minimum absolute atomic E-state index is 0.167. The largest absolute Gasteiger partial charge is 0.497 e. The number of hydrogen-bond acceptors (Lipinski definition) is 29. The molecule has 0 N–H and O–H groups in total. The molecule has 0 unspecified atom stereocenters. The van der Waals surface area contributed by atoms with Gasteiger partial charge in [-0.1, -0.05) is 117 Å². The minimum atomic E-state index is -0.458. The van der Waals surface area contributed by atoms with Crippen molar-refractivity contribution in [1.29, 1.82) is 0 Å². The van der Waals surface area contributed by atoms with Crippen LogP contribution in [0.15, 0.2) is 271 Å². The smallest absolute Gasteiger partial charge is 0.338 e. The summed E-state index contributed by atoms with van der Waals surface area (Å²) < 4.78 is 116. The lowest BCUT2D eigenvalue weighted by Crippen LogP contribution is -2.04. The first-order valence-corrected chi connectivity index (χ1v) is 44.2. The first-order chi connectivity index (χ1) is 69.2. The highest BCUT2D eigenvalue weighted by molar-refractivity contribution is 6.09. The van der Waals surface area contributed by atoms with Crippen LogP contribution in [-0.2, 0) is 39.8 Å². The van der Waals surface area contributed by atoms with Crippen LogP contribution in [0.2, 0.25) is 0 Å². The van der Waals surface area contributed by atoms with E-state index in [0.717, 1.165) is 76.3 Å². The Balaban J connectivity index is 0.000000160. The van der Waals surface area contributed by atoms with E-state index in [9.17, 15) is 33.6 Å². The average molecular weight is 1940 g/mol. The lowest BCUT2D eigenvalue weighted by atomic mass is 9.92. The molecule has 740 valence electrons. The van der Waals surface area contributed by atoms with E-state index in [1.54, 1.807) is 201 Å². The maximum Gasteiger partial charge on any atom is 0.338 e. The zero-order valence-corrected chi connectivity index (χ0v) is 83.0. The number of furan rings is 1. The molecule has 1 heterocycles. The molecule has 0 aliphatic rings. The van der Waals surface area contributed by atoms with Gasteiger partial charge >= 0.3 is 41.8 Å². The molecule has 143 heavy (non-hydrogen) atoms. The summed E-state index contributed by atoms with van der Waals surface area (Å²) in [6, 6.07) is 81.6. The van der Waals surface area contributed by atoms with Crippen molar-refractivity contribution < 1.29 is 137 Å². The quantitative estimate of drug-likeness (QED) is 0.0291. The molecule has 0 saturated carbocycles. The first-order valence-electron chi connectivity index (χ1n) is 44.2. The van der Waals surface area contributed by atoms with Crippen LogP contribution < -0.4 is 66.3 Å². The Morgan fingerprint density at radius 1 is 0.231 bits per heavy atom. The summed E-state index contributed by atoms with van der Waals surface area (Å²) in [6.07, 6.45) is 0. The van der Waals surface area contributed by atoms with Crippen LogP contribution in [0.4, 0.5) is 0 Å². The zero-order valence-electron chi connectivity index (χ0n) is 83.0. The van der Waals surface area contributed by atoms with Gasteiger partial charge in [0.15, 0.2) is 34.5 Å². The summed E-state index contributed by atoms with van der Waals surface area (Å²) >= 11 is 0. The number of carbonyl (C=O) groups excluding carboxylic acids is 7. The Labute approximate surface area is 826 Å². The molecule has 16 aromatic carbocycles. The van der Waals surface area contributed by atoms with Gasteiger partial charge in [-0.15, -0.1) is 0 Å². The van der Waals surface area contributed by atoms with Gasteiger partial charge < -0.3 is 104 Å². The van der Waals surface area contributed by atoms with E-state index < -0.39 is 17.9 Å². The highest BCUT2D eigenvalue weighted by Crippen LogP contribution is 2.50. The lowest BCUT2D eigenvalue weighted by molar-refractivity contribution is 0.0591. The topological polar surface area (TPSA) is 326 Å². The molecule has 29 nitrogen and oxygen atoms in total. The summed E-state index contributed by atoms with van der Waals surface area (Å²) in [4.78, 5) is 81.6. The van der Waals surface area contributed by atoms with E-state index in [1.807, 2.05) is 127 Å². The second-order valence-corrected chi connectivity index (χ2v) is 31.1. The van der Waals surface area contributed by atoms with Crippen LogP contribution in [0.1, 0.15) is 103 Å². The fraction of sp³-hybridized carbons (Fsp3) is 0.202. The van der Waals surface area contributed by atoms with Gasteiger partial charge in [0.1, 0.15) is 58.0 Å². The predicted molar refractivity (Wildman–Crippen MR) is 547 cm³/mol. The second-order valence-electron chi connectivity index (χ2n) is 31.1. The van der Waals surface area contributed by atoms with Crippen molar-refractivity contribution in [2.75, 3.05) is 135 Å². The molecule has 0 radical (unpaired) electrons. The van der Waals surface area contributed by atoms with Gasteiger partial charge in [0.25, 0.3) is 0 Å². The van der Waals surface area contributed by atoms with E-state index in [1.165, 1.54) is 60.5 Å². The minimum Gasteiger partial charge on any atom is -0.497 e. The Morgan fingerprint density at radius 2 is 0.643 bits per heavy atom. The highest BCUT2D eigenvalue weighted by Gasteiger charge is 2.27. The number of benzene rings is 16. The summed E-state index contributed by atoms with van der Waals surface area (Å²) in [5, 5.41) is 13.0. The molecule has 17 aromatic rings. The van der Waals surface area contributed by atoms with Crippen molar-refractivity contribution in [3.8, 4) is 86.2 Å². The Bertz CT molecular complexity index is 7410. The molecule has 0 aliphatic carbocycles. The number of ether oxygens (including phenoxy) is 21. The zero-order chi connectivity index (χ0) is 103. The van der Waals surface area contributed by atoms with Crippen LogP contribution >= 0.6 is 0 Å². The molecule has 0 spiro atoms. The van der Waals surface area contributed by atoms with Crippen LogP contribution in [-0.4, -0.2) is 177 Å². The van der Waals surface area contributed by atoms with Crippen LogP contribution in [0.3, 0.4) is 0 Å². The molecule has 1 aromatic heterocycles. The molecule has 0 atom stereocenters. The van der Waals surface area contributed by atoms with Crippen molar-refractivity contribution in [3.05, 3.63) is 317 Å². The van der Waals surface area contributed by atoms with Gasteiger partial charge in [-0.3, -0.25) is 0 Å². The fourth-order valence-corrected chi connectivity index (χ4v) is 15.6. The van der Waals surface area contributed by atoms with Gasteiger partial charge in [-0.05, 0) is 212 Å². The van der Waals surface area contributed by atoms with Crippen molar-refractivity contribution in [2.24, 2.45) is 0 Å². The Hall–Kier alpha value is -17.6. The number of methoxy groups -OCH3 is 19.